The van der Waals surface area contributed by atoms with Crippen LogP contribution < -0.4 is 0 Å². The van der Waals surface area contributed by atoms with Crippen LogP contribution in [-0.2, 0) is 4.74 Å². The quantitative estimate of drug-likeness (QED) is 0.580. The van der Waals surface area contributed by atoms with Crippen LogP contribution in [0.3, 0.4) is 0 Å². The van der Waals surface area contributed by atoms with Crippen LogP contribution in [0, 0.1) is 0 Å². The molecule has 1 nitrogen and oxygen atoms in total. The predicted molar refractivity (Wildman–Crippen MR) is 38.8 cm³/mol. The van der Waals surface area contributed by atoms with Crippen molar-refractivity contribution in [3.05, 3.63) is 0 Å². The van der Waals surface area contributed by atoms with Crippen molar-refractivity contribution in [2.24, 2.45) is 0 Å². The minimum Gasteiger partial charge on any atom is -0.372 e. The average Bonchev–Trinajstić information content (AvgIpc) is 2.13. The summed E-state index contributed by atoms with van der Waals surface area (Å²) < 4.78 is 18.2. The lowest BCUT2D eigenvalue weighted by atomic mass is 10.1. The Morgan fingerprint density at radius 2 is 2.30 bits per heavy atom. The lowest BCUT2D eigenvalue weighted by Crippen LogP contribution is -2.16. The van der Waals surface area contributed by atoms with Crippen LogP contribution in [0.1, 0.15) is 33.1 Å². The number of rotatable bonds is 2. The van der Waals surface area contributed by atoms with Gasteiger partial charge in [0.05, 0.1) is 12.2 Å². The first-order valence-corrected chi connectivity index (χ1v) is 4.03. The molecule has 10 heavy (non-hydrogen) atoms. The van der Waals surface area contributed by atoms with Gasteiger partial charge in [0.2, 0.25) is 0 Å². The lowest BCUT2D eigenvalue weighted by Gasteiger charge is -2.10. The third-order valence-electron chi connectivity index (χ3n) is 1.94. The summed E-state index contributed by atoms with van der Waals surface area (Å²) in [6.07, 6.45) is 1.77. The smallest absolute Gasteiger partial charge is 0.129 e. The van der Waals surface area contributed by atoms with Crippen molar-refractivity contribution in [2.75, 3.05) is 0 Å². The maximum Gasteiger partial charge on any atom is 0.129 e. The molecule has 0 amide bonds. The van der Waals surface area contributed by atoms with Gasteiger partial charge in [-0.2, -0.15) is 0 Å². The molecule has 1 fully saturated rings. The van der Waals surface area contributed by atoms with Crippen LogP contribution in [-0.4, -0.2) is 18.4 Å². The Kier molecular flexibility index (Phi) is 2.66. The van der Waals surface area contributed by atoms with Gasteiger partial charge in [0, 0.05) is 6.42 Å². The van der Waals surface area contributed by atoms with E-state index in [4.69, 9.17) is 4.74 Å². The molecule has 1 aliphatic rings. The van der Waals surface area contributed by atoms with Crippen LogP contribution in [0.2, 0.25) is 0 Å². The Labute approximate surface area is 61.6 Å². The first kappa shape index (κ1) is 7.99. The standard InChI is InChI=1S/C8H15FO/c1-3-4-8-7(9)5-6(2)10-8/h6-8H,3-5H2,1-2H3. The Hall–Kier alpha value is -0.110. The van der Waals surface area contributed by atoms with E-state index in [1.807, 2.05) is 6.92 Å². The summed E-state index contributed by atoms with van der Waals surface area (Å²) in [4.78, 5) is 0. The van der Waals surface area contributed by atoms with Gasteiger partial charge in [0.15, 0.2) is 0 Å². The van der Waals surface area contributed by atoms with Crippen LogP contribution >= 0.6 is 0 Å². The second-order valence-electron chi connectivity index (χ2n) is 3.03. The van der Waals surface area contributed by atoms with Crippen LogP contribution in [0.5, 0.6) is 0 Å². The maximum atomic E-state index is 12.9. The topological polar surface area (TPSA) is 9.23 Å². The number of alkyl halides is 1. The van der Waals surface area contributed by atoms with E-state index in [0.717, 1.165) is 12.8 Å². The van der Waals surface area contributed by atoms with E-state index in [1.54, 1.807) is 0 Å². The van der Waals surface area contributed by atoms with Crippen molar-refractivity contribution in [2.45, 2.75) is 51.5 Å². The Morgan fingerprint density at radius 1 is 1.60 bits per heavy atom. The summed E-state index contributed by atoms with van der Waals surface area (Å²) in [7, 11) is 0. The summed E-state index contributed by atoms with van der Waals surface area (Å²) in [5.74, 6) is 0. The normalized spacial score (nSPS) is 40.5. The van der Waals surface area contributed by atoms with Gasteiger partial charge in [-0.1, -0.05) is 13.3 Å². The van der Waals surface area contributed by atoms with Crippen LogP contribution in [0.4, 0.5) is 4.39 Å². The van der Waals surface area contributed by atoms with E-state index in [9.17, 15) is 4.39 Å². The van der Waals surface area contributed by atoms with Crippen molar-refractivity contribution in [1.29, 1.82) is 0 Å². The van der Waals surface area contributed by atoms with E-state index in [2.05, 4.69) is 6.92 Å². The third kappa shape index (κ3) is 1.69. The molecular weight excluding hydrogens is 131 g/mol. The molecular formula is C8H15FO. The van der Waals surface area contributed by atoms with E-state index in [1.165, 1.54) is 0 Å². The highest BCUT2D eigenvalue weighted by atomic mass is 19.1. The molecule has 1 aliphatic heterocycles. The number of ether oxygens (including phenoxy) is 1. The molecule has 0 bridgehead atoms. The lowest BCUT2D eigenvalue weighted by molar-refractivity contribution is 0.0316. The van der Waals surface area contributed by atoms with Crippen LogP contribution in [0.15, 0.2) is 0 Å². The van der Waals surface area contributed by atoms with Gasteiger partial charge < -0.3 is 4.74 Å². The highest BCUT2D eigenvalue weighted by molar-refractivity contribution is 4.79. The van der Waals surface area contributed by atoms with Gasteiger partial charge in [0.25, 0.3) is 0 Å². The number of halogens is 1. The highest BCUT2D eigenvalue weighted by Gasteiger charge is 2.31. The molecule has 2 heteroatoms. The fraction of sp³-hybridized carbons (Fsp3) is 1.00. The molecule has 1 rings (SSSR count). The zero-order valence-corrected chi connectivity index (χ0v) is 6.64. The first-order valence-electron chi connectivity index (χ1n) is 4.03. The molecule has 0 N–H and O–H groups in total. The maximum absolute atomic E-state index is 12.9. The molecule has 0 aromatic rings. The molecule has 0 aromatic carbocycles. The zero-order chi connectivity index (χ0) is 7.56. The Morgan fingerprint density at radius 3 is 2.70 bits per heavy atom. The average molecular weight is 146 g/mol. The summed E-state index contributed by atoms with van der Waals surface area (Å²) in [6.45, 7) is 3.99. The Bertz CT molecular complexity index is 105. The molecule has 3 atom stereocenters. The van der Waals surface area contributed by atoms with Crippen molar-refractivity contribution in [3.8, 4) is 0 Å². The van der Waals surface area contributed by atoms with Crippen molar-refractivity contribution < 1.29 is 9.13 Å². The van der Waals surface area contributed by atoms with E-state index in [-0.39, 0.29) is 12.2 Å². The van der Waals surface area contributed by atoms with Gasteiger partial charge in [-0.15, -0.1) is 0 Å². The second kappa shape index (κ2) is 3.33. The summed E-state index contributed by atoms with van der Waals surface area (Å²) in [5.41, 5.74) is 0. The third-order valence-corrected chi connectivity index (χ3v) is 1.94. The van der Waals surface area contributed by atoms with E-state index >= 15 is 0 Å². The SMILES string of the molecule is CCCC1OC(C)CC1F. The molecule has 0 spiro atoms. The zero-order valence-electron chi connectivity index (χ0n) is 6.64. The van der Waals surface area contributed by atoms with E-state index in [0.29, 0.717) is 6.42 Å². The molecule has 0 aromatic heterocycles. The Balaban J connectivity index is 2.31. The molecule has 1 heterocycles. The fourth-order valence-electron chi connectivity index (χ4n) is 1.44. The first-order chi connectivity index (χ1) is 4.74. The summed E-state index contributed by atoms with van der Waals surface area (Å²) in [5, 5.41) is 0. The van der Waals surface area contributed by atoms with Gasteiger partial charge in [-0.3, -0.25) is 0 Å². The fourth-order valence-corrected chi connectivity index (χ4v) is 1.44. The molecule has 0 radical (unpaired) electrons. The van der Waals surface area contributed by atoms with Gasteiger partial charge in [-0.25, -0.2) is 4.39 Å². The number of hydrogen-bond acceptors (Lipinski definition) is 1. The van der Waals surface area contributed by atoms with Gasteiger partial charge >= 0.3 is 0 Å². The monoisotopic (exact) mass is 146 g/mol. The molecule has 60 valence electrons. The summed E-state index contributed by atoms with van der Waals surface area (Å²) in [6, 6.07) is 0. The van der Waals surface area contributed by atoms with Crippen molar-refractivity contribution in [3.63, 3.8) is 0 Å². The van der Waals surface area contributed by atoms with Gasteiger partial charge in [-0.05, 0) is 13.3 Å². The van der Waals surface area contributed by atoms with Crippen molar-refractivity contribution >= 4 is 0 Å². The minimum absolute atomic E-state index is 0.111. The van der Waals surface area contributed by atoms with E-state index < -0.39 is 6.17 Å². The molecule has 0 aliphatic carbocycles. The predicted octanol–water partition coefficient (Wildman–Crippen LogP) is 2.30. The molecule has 3 unspecified atom stereocenters. The summed E-state index contributed by atoms with van der Waals surface area (Å²) >= 11 is 0. The molecule has 0 saturated carbocycles. The van der Waals surface area contributed by atoms with Crippen LogP contribution in [0.25, 0.3) is 0 Å². The number of hydrogen-bond donors (Lipinski definition) is 0. The molecule has 1 saturated heterocycles. The van der Waals surface area contributed by atoms with Crippen molar-refractivity contribution in [1.82, 2.24) is 0 Å². The highest BCUT2D eigenvalue weighted by Crippen LogP contribution is 2.25. The second-order valence-corrected chi connectivity index (χ2v) is 3.03. The van der Waals surface area contributed by atoms with Gasteiger partial charge in [0.1, 0.15) is 6.17 Å². The largest absolute Gasteiger partial charge is 0.372 e. The minimum atomic E-state index is -0.713.